The van der Waals surface area contributed by atoms with E-state index < -0.39 is 16.3 Å². The molecule has 3 heterocycles. The topological polar surface area (TPSA) is 88.4 Å². The van der Waals surface area contributed by atoms with E-state index in [9.17, 15) is 13.2 Å². The van der Waals surface area contributed by atoms with Crippen LogP contribution in [0.25, 0.3) is 0 Å². The Kier molecular flexibility index (Phi) is 3.05. The van der Waals surface area contributed by atoms with E-state index in [0.717, 1.165) is 10.7 Å². The maximum Gasteiger partial charge on any atom is 0.307 e. The largest absolute Gasteiger partial charge is 0.307 e. The van der Waals surface area contributed by atoms with Crippen molar-refractivity contribution >= 4 is 16.1 Å². The Bertz CT molecular complexity index is 638. The van der Waals surface area contributed by atoms with Crippen LogP contribution in [0.2, 0.25) is 0 Å². The summed E-state index contributed by atoms with van der Waals surface area (Å²) in [5.41, 5.74) is 0.483. The molecular weight excluding hydrogens is 282 g/mol. The van der Waals surface area contributed by atoms with Gasteiger partial charge in [-0.2, -0.15) is 12.7 Å². The minimum atomic E-state index is -3.68. The second kappa shape index (κ2) is 4.52. The minimum absolute atomic E-state index is 0.0408. The van der Waals surface area contributed by atoms with Gasteiger partial charge in [0.05, 0.1) is 12.7 Å². The van der Waals surface area contributed by atoms with Gasteiger partial charge in [0, 0.05) is 12.6 Å². The highest BCUT2D eigenvalue weighted by molar-refractivity contribution is 7.87. The zero-order valence-corrected chi connectivity index (χ0v) is 12.2. The smallest absolute Gasteiger partial charge is 0.272 e. The van der Waals surface area contributed by atoms with Crippen LogP contribution in [-0.4, -0.2) is 50.5 Å². The van der Waals surface area contributed by atoms with Crippen molar-refractivity contribution in [2.45, 2.75) is 45.3 Å². The van der Waals surface area contributed by atoms with Crippen molar-refractivity contribution in [1.82, 2.24) is 23.6 Å². The number of nitrogens with zero attached hydrogens (tertiary/aromatic N) is 5. The van der Waals surface area contributed by atoms with Crippen LogP contribution in [0, 0.1) is 0 Å². The van der Waals surface area contributed by atoms with E-state index in [4.69, 9.17) is 0 Å². The van der Waals surface area contributed by atoms with Gasteiger partial charge in [0.1, 0.15) is 11.7 Å². The summed E-state index contributed by atoms with van der Waals surface area (Å²) in [6.07, 6.45) is 3.02. The summed E-state index contributed by atoms with van der Waals surface area (Å²) in [5, 5.41) is 7.85. The molecule has 0 bridgehead atoms. The van der Waals surface area contributed by atoms with Crippen molar-refractivity contribution in [3.05, 3.63) is 11.9 Å². The normalized spacial score (nSPS) is 25.6. The molecule has 0 unspecified atom stereocenters. The molecule has 9 heteroatoms. The first-order chi connectivity index (χ1) is 9.41. The highest BCUT2D eigenvalue weighted by Gasteiger charge is 2.52. The van der Waals surface area contributed by atoms with E-state index >= 15 is 0 Å². The molecule has 2 aliphatic rings. The van der Waals surface area contributed by atoms with Gasteiger partial charge in [-0.15, -0.1) is 5.10 Å². The molecule has 2 aliphatic heterocycles. The first-order valence-electron chi connectivity index (χ1n) is 6.65. The lowest BCUT2D eigenvalue weighted by molar-refractivity contribution is -0.127. The number of aromatic nitrogens is 3. The monoisotopic (exact) mass is 299 g/mol. The quantitative estimate of drug-likeness (QED) is 0.778. The number of hydrogen-bond acceptors (Lipinski definition) is 5. The van der Waals surface area contributed by atoms with Gasteiger partial charge >= 0.3 is 10.2 Å². The molecule has 3 rings (SSSR count). The van der Waals surface area contributed by atoms with Gasteiger partial charge in [-0.25, -0.2) is 8.99 Å². The molecular formula is C11H17N5O3S. The van der Waals surface area contributed by atoms with Crippen molar-refractivity contribution in [1.29, 1.82) is 0 Å². The van der Waals surface area contributed by atoms with E-state index in [1.54, 1.807) is 10.9 Å². The summed E-state index contributed by atoms with van der Waals surface area (Å²) in [4.78, 5) is 12.2. The van der Waals surface area contributed by atoms with Gasteiger partial charge in [0.25, 0.3) is 5.91 Å². The van der Waals surface area contributed by atoms with Gasteiger partial charge in [-0.3, -0.25) is 4.79 Å². The van der Waals surface area contributed by atoms with Crippen molar-refractivity contribution < 1.29 is 13.2 Å². The highest BCUT2D eigenvalue weighted by Crippen LogP contribution is 2.32. The van der Waals surface area contributed by atoms with Crippen LogP contribution >= 0.6 is 0 Å². The Morgan fingerprint density at radius 2 is 2.20 bits per heavy atom. The molecule has 8 nitrogen and oxygen atoms in total. The van der Waals surface area contributed by atoms with Crippen molar-refractivity contribution in [2.24, 2.45) is 0 Å². The lowest BCUT2D eigenvalue weighted by atomic mass is 10.2. The summed E-state index contributed by atoms with van der Waals surface area (Å²) in [6.45, 7) is 4.29. The number of amides is 1. The fourth-order valence-electron chi connectivity index (χ4n) is 2.61. The SMILES string of the molecule is CC(C)n1cc(CN2C(=O)[C@H]3CCCN3S2(=O)=O)nn1. The van der Waals surface area contributed by atoms with Gasteiger partial charge < -0.3 is 0 Å². The molecule has 0 saturated carbocycles. The second-order valence-electron chi connectivity index (χ2n) is 5.41. The molecule has 0 N–H and O–H groups in total. The fraction of sp³-hybridized carbons (Fsp3) is 0.727. The van der Waals surface area contributed by atoms with Crippen LogP contribution in [0.4, 0.5) is 0 Å². The highest BCUT2D eigenvalue weighted by atomic mass is 32.2. The molecule has 0 radical (unpaired) electrons. The molecule has 2 saturated heterocycles. The maximum atomic E-state index is 12.3. The van der Waals surface area contributed by atoms with Gasteiger partial charge in [0.15, 0.2) is 0 Å². The molecule has 0 aliphatic carbocycles. The predicted octanol–water partition coefficient (Wildman–Crippen LogP) is -0.0896. The molecule has 1 aromatic rings. The summed E-state index contributed by atoms with van der Waals surface area (Å²) in [5.74, 6) is -0.346. The van der Waals surface area contributed by atoms with Crippen LogP contribution in [-0.2, 0) is 21.5 Å². The number of rotatable bonds is 3. The second-order valence-corrected chi connectivity index (χ2v) is 7.21. The Balaban J connectivity index is 1.85. The summed E-state index contributed by atoms with van der Waals surface area (Å²) >= 11 is 0. The third kappa shape index (κ3) is 1.92. The van der Waals surface area contributed by atoms with Crippen molar-refractivity contribution in [3.8, 4) is 0 Å². The molecule has 1 atom stereocenters. The lowest BCUT2D eigenvalue weighted by Gasteiger charge is -2.15. The zero-order chi connectivity index (χ0) is 14.5. The third-order valence-corrected chi connectivity index (χ3v) is 5.60. The van der Waals surface area contributed by atoms with E-state index in [1.165, 1.54) is 4.31 Å². The molecule has 20 heavy (non-hydrogen) atoms. The van der Waals surface area contributed by atoms with Crippen LogP contribution < -0.4 is 0 Å². The van der Waals surface area contributed by atoms with Crippen LogP contribution in [0.5, 0.6) is 0 Å². The van der Waals surface area contributed by atoms with Gasteiger partial charge in [-0.05, 0) is 26.7 Å². The Morgan fingerprint density at radius 1 is 1.45 bits per heavy atom. The first kappa shape index (κ1) is 13.5. The zero-order valence-electron chi connectivity index (χ0n) is 11.4. The third-order valence-electron chi connectivity index (χ3n) is 3.70. The average molecular weight is 299 g/mol. The maximum absolute atomic E-state index is 12.3. The number of carbonyl (C=O) groups excluding carboxylic acids is 1. The summed E-state index contributed by atoms with van der Waals surface area (Å²) in [6, 6.07) is -0.370. The molecule has 0 aromatic carbocycles. The van der Waals surface area contributed by atoms with Gasteiger partial charge in [0.2, 0.25) is 0 Å². The Morgan fingerprint density at radius 3 is 2.80 bits per heavy atom. The van der Waals surface area contributed by atoms with E-state index in [-0.39, 0.29) is 18.5 Å². The number of hydrogen-bond donors (Lipinski definition) is 0. The fourth-order valence-corrected chi connectivity index (χ4v) is 4.39. The molecule has 1 amide bonds. The minimum Gasteiger partial charge on any atom is -0.272 e. The molecule has 110 valence electrons. The van der Waals surface area contributed by atoms with Crippen LogP contribution in [0.3, 0.4) is 0 Å². The standard InChI is InChI=1S/C11H17N5O3S/c1-8(2)14-6-9(12-13-14)7-16-11(17)10-4-3-5-15(10)20(16,18)19/h6,8,10H,3-5,7H2,1-2H3/t10-/m1/s1. The van der Waals surface area contributed by atoms with Crippen molar-refractivity contribution in [2.75, 3.05) is 6.54 Å². The van der Waals surface area contributed by atoms with E-state index in [2.05, 4.69) is 10.3 Å². The molecule has 0 spiro atoms. The van der Waals surface area contributed by atoms with E-state index in [1.807, 2.05) is 13.8 Å². The molecule has 2 fully saturated rings. The predicted molar refractivity (Wildman–Crippen MR) is 69.6 cm³/mol. The first-order valence-corrected chi connectivity index (χ1v) is 8.05. The molecule has 1 aromatic heterocycles. The van der Waals surface area contributed by atoms with Crippen molar-refractivity contribution in [3.63, 3.8) is 0 Å². The van der Waals surface area contributed by atoms with E-state index in [0.29, 0.717) is 18.7 Å². The average Bonchev–Trinajstić information content (AvgIpc) is 3.06. The number of carbonyl (C=O) groups is 1. The summed E-state index contributed by atoms with van der Waals surface area (Å²) < 4.78 is 28.5. The Hall–Kier alpha value is -1.48. The van der Waals surface area contributed by atoms with Gasteiger partial charge in [-0.1, -0.05) is 5.21 Å². The van der Waals surface area contributed by atoms with Crippen LogP contribution in [0.1, 0.15) is 38.4 Å². The number of fused-ring (bicyclic) bond motifs is 1. The Labute approximate surface area is 117 Å². The lowest BCUT2D eigenvalue weighted by Crippen LogP contribution is -2.33. The summed E-state index contributed by atoms with van der Waals surface area (Å²) in [7, 11) is -3.68. The van der Waals surface area contributed by atoms with Crippen LogP contribution in [0.15, 0.2) is 6.20 Å².